The smallest absolute Gasteiger partial charge is 0.249 e. The molecule has 0 aliphatic heterocycles. The molecule has 0 saturated heterocycles. The fourth-order valence-electron chi connectivity index (χ4n) is 2.78. The highest BCUT2D eigenvalue weighted by molar-refractivity contribution is 6.00. The van der Waals surface area contributed by atoms with E-state index in [0.717, 1.165) is 11.1 Å². The minimum Gasteiger partial charge on any atom is -0.366 e. The van der Waals surface area contributed by atoms with Gasteiger partial charge in [0, 0.05) is 5.56 Å². The molecule has 0 aliphatic rings. The van der Waals surface area contributed by atoms with E-state index in [-0.39, 0.29) is 5.91 Å². The number of carbonyl (C=O) groups is 1. The Hall–Kier alpha value is -2.09. The fourth-order valence-corrected chi connectivity index (χ4v) is 2.78. The van der Waals surface area contributed by atoms with Crippen molar-refractivity contribution >= 4 is 5.91 Å². The Labute approximate surface area is 127 Å². The molecule has 0 saturated carbocycles. The van der Waals surface area contributed by atoms with Gasteiger partial charge in [0.1, 0.15) is 0 Å². The Balaban J connectivity index is 2.82. The predicted octanol–water partition coefficient (Wildman–Crippen LogP) is 4.70. The second-order valence-corrected chi connectivity index (χ2v) is 6.03. The van der Waals surface area contributed by atoms with Gasteiger partial charge in [-0.1, -0.05) is 64.1 Å². The van der Waals surface area contributed by atoms with Crippen LogP contribution in [0.5, 0.6) is 0 Å². The van der Waals surface area contributed by atoms with Gasteiger partial charge in [-0.15, -0.1) is 0 Å². The van der Waals surface area contributed by atoms with Gasteiger partial charge in [0.25, 0.3) is 0 Å². The van der Waals surface area contributed by atoms with Crippen LogP contribution in [0.15, 0.2) is 42.5 Å². The average molecular weight is 281 g/mol. The Morgan fingerprint density at radius 1 is 0.857 bits per heavy atom. The summed E-state index contributed by atoms with van der Waals surface area (Å²) in [7, 11) is 0. The number of benzene rings is 2. The number of nitrogens with two attached hydrogens (primary N) is 1. The molecule has 2 aromatic rings. The first-order valence-corrected chi connectivity index (χ1v) is 7.45. The van der Waals surface area contributed by atoms with E-state index in [0.29, 0.717) is 17.4 Å². The highest BCUT2D eigenvalue weighted by atomic mass is 16.1. The molecule has 0 heterocycles. The van der Waals surface area contributed by atoms with Crippen LogP contribution in [0.3, 0.4) is 0 Å². The molecule has 0 bridgehead atoms. The van der Waals surface area contributed by atoms with Crippen LogP contribution in [-0.2, 0) is 0 Å². The van der Waals surface area contributed by atoms with Gasteiger partial charge < -0.3 is 5.73 Å². The Morgan fingerprint density at radius 3 is 1.86 bits per heavy atom. The molecule has 0 unspecified atom stereocenters. The van der Waals surface area contributed by atoms with E-state index in [1.54, 1.807) is 6.07 Å². The van der Waals surface area contributed by atoms with Crippen molar-refractivity contribution in [2.45, 2.75) is 39.5 Å². The van der Waals surface area contributed by atoms with Crippen molar-refractivity contribution in [3.8, 4) is 11.1 Å². The summed E-state index contributed by atoms with van der Waals surface area (Å²) in [5.74, 6) is 0.401. The van der Waals surface area contributed by atoms with E-state index in [1.807, 2.05) is 18.2 Å². The summed E-state index contributed by atoms with van der Waals surface area (Å²) in [6, 6.07) is 14.0. The van der Waals surface area contributed by atoms with Crippen LogP contribution >= 0.6 is 0 Å². The average Bonchev–Trinajstić information content (AvgIpc) is 2.46. The lowest BCUT2D eigenvalue weighted by atomic mass is 9.83. The van der Waals surface area contributed by atoms with Crippen molar-refractivity contribution in [2.75, 3.05) is 0 Å². The monoisotopic (exact) mass is 281 g/mol. The minimum absolute atomic E-state index is 0.376. The third-order valence-electron chi connectivity index (χ3n) is 3.83. The maximum Gasteiger partial charge on any atom is 0.249 e. The maximum atomic E-state index is 11.8. The lowest BCUT2D eigenvalue weighted by Crippen LogP contribution is -2.13. The van der Waals surface area contributed by atoms with E-state index in [1.165, 1.54) is 11.1 Å². The molecular formula is C19H23NO. The summed E-state index contributed by atoms with van der Waals surface area (Å²) in [5, 5.41) is 0. The Kier molecular flexibility index (Phi) is 4.46. The highest BCUT2D eigenvalue weighted by Crippen LogP contribution is 2.37. The molecule has 21 heavy (non-hydrogen) atoms. The van der Waals surface area contributed by atoms with Crippen LogP contribution in [0.4, 0.5) is 0 Å². The second kappa shape index (κ2) is 6.13. The topological polar surface area (TPSA) is 43.1 Å². The first-order valence-electron chi connectivity index (χ1n) is 7.45. The van der Waals surface area contributed by atoms with Gasteiger partial charge in [-0.25, -0.2) is 0 Å². The molecule has 0 aromatic heterocycles. The van der Waals surface area contributed by atoms with E-state index in [9.17, 15) is 4.79 Å². The molecular weight excluding hydrogens is 258 g/mol. The molecule has 2 N–H and O–H groups in total. The molecule has 0 aliphatic carbocycles. The van der Waals surface area contributed by atoms with Crippen molar-refractivity contribution in [1.29, 1.82) is 0 Å². The van der Waals surface area contributed by atoms with E-state index in [2.05, 4.69) is 45.9 Å². The Morgan fingerprint density at radius 2 is 1.38 bits per heavy atom. The summed E-state index contributed by atoms with van der Waals surface area (Å²) in [6.07, 6.45) is 0. The molecule has 0 spiro atoms. The maximum absolute atomic E-state index is 11.8. The summed E-state index contributed by atoms with van der Waals surface area (Å²) in [6.45, 7) is 8.71. The van der Waals surface area contributed by atoms with Gasteiger partial charge in [0.2, 0.25) is 5.91 Å². The van der Waals surface area contributed by atoms with Crippen LogP contribution in [0.25, 0.3) is 11.1 Å². The molecule has 1 amide bonds. The number of carbonyl (C=O) groups excluding carboxylic acids is 1. The quantitative estimate of drug-likeness (QED) is 0.867. The summed E-state index contributed by atoms with van der Waals surface area (Å²) in [5.41, 5.74) is 10.8. The summed E-state index contributed by atoms with van der Waals surface area (Å²) in [4.78, 5) is 11.8. The molecule has 0 fully saturated rings. The fraction of sp³-hybridized carbons (Fsp3) is 0.316. The molecule has 2 rings (SSSR count). The van der Waals surface area contributed by atoms with Crippen LogP contribution in [-0.4, -0.2) is 5.91 Å². The van der Waals surface area contributed by atoms with Crippen molar-refractivity contribution in [3.63, 3.8) is 0 Å². The molecule has 2 heteroatoms. The van der Waals surface area contributed by atoms with E-state index in [4.69, 9.17) is 5.73 Å². The third-order valence-corrected chi connectivity index (χ3v) is 3.83. The van der Waals surface area contributed by atoms with Gasteiger partial charge in [-0.3, -0.25) is 4.79 Å². The number of hydrogen-bond acceptors (Lipinski definition) is 1. The SMILES string of the molecule is CC(C)c1cccc(C(C)C)c1-c1ccccc1C(N)=O. The van der Waals surface area contributed by atoms with Crippen LogP contribution in [0.2, 0.25) is 0 Å². The lowest BCUT2D eigenvalue weighted by molar-refractivity contribution is 0.100. The van der Waals surface area contributed by atoms with Crippen molar-refractivity contribution < 1.29 is 4.79 Å². The van der Waals surface area contributed by atoms with Crippen molar-refractivity contribution in [1.82, 2.24) is 0 Å². The number of rotatable bonds is 4. The van der Waals surface area contributed by atoms with Gasteiger partial charge >= 0.3 is 0 Å². The largest absolute Gasteiger partial charge is 0.366 e. The van der Waals surface area contributed by atoms with E-state index < -0.39 is 0 Å². The lowest BCUT2D eigenvalue weighted by Gasteiger charge is -2.21. The number of amides is 1. The molecule has 2 nitrogen and oxygen atoms in total. The minimum atomic E-state index is -0.376. The third kappa shape index (κ3) is 2.99. The number of primary amides is 1. The highest BCUT2D eigenvalue weighted by Gasteiger charge is 2.19. The molecule has 110 valence electrons. The van der Waals surface area contributed by atoms with Gasteiger partial charge in [-0.05, 0) is 40.2 Å². The van der Waals surface area contributed by atoms with Crippen molar-refractivity contribution in [2.24, 2.45) is 5.73 Å². The van der Waals surface area contributed by atoms with Gasteiger partial charge in [-0.2, -0.15) is 0 Å². The van der Waals surface area contributed by atoms with Crippen LogP contribution in [0.1, 0.15) is 61.0 Å². The zero-order valence-corrected chi connectivity index (χ0v) is 13.2. The summed E-state index contributed by atoms with van der Waals surface area (Å²) >= 11 is 0. The predicted molar refractivity (Wildman–Crippen MR) is 88.6 cm³/mol. The summed E-state index contributed by atoms with van der Waals surface area (Å²) < 4.78 is 0. The molecule has 0 atom stereocenters. The Bertz CT molecular complexity index is 630. The van der Waals surface area contributed by atoms with E-state index >= 15 is 0 Å². The van der Waals surface area contributed by atoms with Crippen LogP contribution < -0.4 is 5.73 Å². The van der Waals surface area contributed by atoms with Gasteiger partial charge in [0.15, 0.2) is 0 Å². The molecule has 0 radical (unpaired) electrons. The molecule has 2 aromatic carbocycles. The zero-order chi connectivity index (χ0) is 15.6. The number of hydrogen-bond donors (Lipinski definition) is 1. The van der Waals surface area contributed by atoms with Crippen molar-refractivity contribution in [3.05, 3.63) is 59.2 Å². The van der Waals surface area contributed by atoms with Gasteiger partial charge in [0.05, 0.1) is 0 Å². The first kappa shape index (κ1) is 15.3. The normalized spacial score (nSPS) is 11.1. The van der Waals surface area contributed by atoms with Crippen LogP contribution in [0, 0.1) is 0 Å². The first-order chi connectivity index (χ1) is 9.93. The zero-order valence-electron chi connectivity index (χ0n) is 13.2. The standard InChI is InChI=1S/C19H23NO/c1-12(2)14-10-7-11-15(13(3)4)18(14)16-8-5-6-9-17(16)19(20)21/h5-13H,1-4H3,(H2,20,21). The second-order valence-electron chi connectivity index (χ2n) is 6.03.